The molecule has 1 aliphatic carbocycles. The zero-order valence-corrected chi connectivity index (χ0v) is 14.9. The molecule has 2 aromatic rings. The molecule has 8 heteroatoms. The number of nitrogens with zero attached hydrogens (tertiary/aromatic N) is 6. The highest BCUT2D eigenvalue weighted by Crippen LogP contribution is 2.31. The molecule has 4 rings (SSSR count). The van der Waals surface area contributed by atoms with Crippen LogP contribution in [0.4, 0.5) is 0 Å². The minimum Gasteiger partial charge on any atom is -0.339 e. The van der Waals surface area contributed by atoms with Crippen LogP contribution in [0.3, 0.4) is 0 Å². The molecule has 25 heavy (non-hydrogen) atoms. The summed E-state index contributed by atoms with van der Waals surface area (Å²) in [5, 5.41) is 11.3. The maximum absolute atomic E-state index is 5.53. The number of rotatable bonds is 5. The van der Waals surface area contributed by atoms with Crippen LogP contribution < -0.4 is 0 Å². The molecule has 0 spiro atoms. The van der Waals surface area contributed by atoms with Gasteiger partial charge < -0.3 is 4.52 Å². The van der Waals surface area contributed by atoms with Crippen molar-refractivity contribution in [2.45, 2.75) is 58.0 Å². The number of H-pyrrole nitrogens is 1. The predicted octanol–water partition coefficient (Wildman–Crippen LogP) is 1.86. The first kappa shape index (κ1) is 16.7. The number of hydrogen-bond donors (Lipinski definition) is 1. The van der Waals surface area contributed by atoms with E-state index >= 15 is 0 Å². The highest BCUT2D eigenvalue weighted by Gasteiger charge is 2.23. The van der Waals surface area contributed by atoms with Gasteiger partial charge in [0.05, 0.1) is 13.1 Å². The third kappa shape index (κ3) is 4.24. The van der Waals surface area contributed by atoms with Crippen LogP contribution in [0, 0.1) is 6.92 Å². The quantitative estimate of drug-likeness (QED) is 0.885. The van der Waals surface area contributed by atoms with Crippen LogP contribution in [0.25, 0.3) is 0 Å². The van der Waals surface area contributed by atoms with Crippen molar-refractivity contribution in [1.82, 2.24) is 35.1 Å². The lowest BCUT2D eigenvalue weighted by atomic mass is 9.89. The van der Waals surface area contributed by atoms with E-state index in [2.05, 4.69) is 35.1 Å². The molecule has 0 radical (unpaired) electrons. The summed E-state index contributed by atoms with van der Waals surface area (Å²) in [6.45, 7) is 7.58. The van der Waals surface area contributed by atoms with Crippen molar-refractivity contribution >= 4 is 0 Å². The average molecular weight is 345 g/mol. The zero-order valence-electron chi connectivity index (χ0n) is 14.9. The molecule has 2 fully saturated rings. The van der Waals surface area contributed by atoms with Gasteiger partial charge in [-0.3, -0.25) is 14.9 Å². The number of hydrogen-bond acceptors (Lipinski definition) is 7. The molecule has 0 atom stereocenters. The molecule has 0 bridgehead atoms. The van der Waals surface area contributed by atoms with E-state index in [0.717, 1.165) is 62.6 Å². The minimum absolute atomic E-state index is 0.483. The first-order chi connectivity index (χ1) is 12.3. The second-order valence-corrected chi connectivity index (χ2v) is 7.27. The fourth-order valence-corrected chi connectivity index (χ4v) is 3.81. The van der Waals surface area contributed by atoms with Crippen molar-refractivity contribution in [2.75, 3.05) is 26.2 Å². The summed E-state index contributed by atoms with van der Waals surface area (Å²) in [5.41, 5.74) is 0. The largest absolute Gasteiger partial charge is 0.339 e. The van der Waals surface area contributed by atoms with Gasteiger partial charge in [-0.25, -0.2) is 4.98 Å². The van der Waals surface area contributed by atoms with Crippen molar-refractivity contribution in [2.24, 2.45) is 0 Å². The number of piperazine rings is 1. The molecule has 2 aromatic heterocycles. The predicted molar refractivity (Wildman–Crippen MR) is 91.8 cm³/mol. The topological polar surface area (TPSA) is 87.0 Å². The molecular formula is C17H27N7O. The van der Waals surface area contributed by atoms with Gasteiger partial charge in [0.25, 0.3) is 0 Å². The van der Waals surface area contributed by atoms with Crippen LogP contribution in [0.15, 0.2) is 4.52 Å². The summed E-state index contributed by atoms with van der Waals surface area (Å²) in [5.74, 6) is 3.92. The Balaban J connectivity index is 1.25. The highest BCUT2D eigenvalue weighted by molar-refractivity contribution is 4.96. The summed E-state index contributed by atoms with van der Waals surface area (Å²) >= 11 is 0. The zero-order chi connectivity index (χ0) is 17.1. The maximum atomic E-state index is 5.53. The molecule has 1 aliphatic heterocycles. The maximum Gasteiger partial charge on any atom is 0.229 e. The van der Waals surface area contributed by atoms with Crippen molar-refractivity contribution in [1.29, 1.82) is 0 Å². The van der Waals surface area contributed by atoms with Gasteiger partial charge in [0.1, 0.15) is 5.82 Å². The van der Waals surface area contributed by atoms with Crippen LogP contribution >= 0.6 is 0 Å². The van der Waals surface area contributed by atoms with Crippen LogP contribution in [0.2, 0.25) is 0 Å². The van der Waals surface area contributed by atoms with Crippen LogP contribution in [0.1, 0.15) is 61.4 Å². The molecule has 8 nitrogen and oxygen atoms in total. The van der Waals surface area contributed by atoms with E-state index in [1.165, 1.54) is 32.1 Å². The number of aryl methyl sites for hydroxylation is 1. The van der Waals surface area contributed by atoms with Gasteiger partial charge in [-0.1, -0.05) is 24.4 Å². The lowest BCUT2D eigenvalue weighted by Crippen LogP contribution is -2.45. The molecular weight excluding hydrogens is 318 g/mol. The standard InChI is InChI=1S/C17H27N7O/c1-13-18-15(21-20-13)11-23-7-9-24(10-8-23)12-16-19-17(25-22-16)14-5-3-2-4-6-14/h14H,2-12H2,1H3,(H,18,20,21). The first-order valence-corrected chi connectivity index (χ1v) is 9.41. The third-order valence-electron chi connectivity index (χ3n) is 5.28. The molecule has 1 saturated carbocycles. The Morgan fingerprint density at radius 2 is 1.64 bits per heavy atom. The van der Waals surface area contributed by atoms with Crippen molar-refractivity contribution in [3.63, 3.8) is 0 Å². The van der Waals surface area contributed by atoms with Gasteiger partial charge in [-0.2, -0.15) is 10.1 Å². The highest BCUT2D eigenvalue weighted by atomic mass is 16.5. The van der Waals surface area contributed by atoms with Gasteiger partial charge >= 0.3 is 0 Å². The number of nitrogens with one attached hydrogen (secondary N) is 1. The lowest BCUT2D eigenvalue weighted by molar-refractivity contribution is 0.117. The SMILES string of the molecule is Cc1nc(CN2CCN(Cc3noc(C4CCCCC4)n3)CC2)n[nH]1. The van der Waals surface area contributed by atoms with Crippen LogP contribution in [-0.4, -0.2) is 61.3 Å². The molecule has 3 heterocycles. The smallest absolute Gasteiger partial charge is 0.229 e. The Hall–Kier alpha value is -1.80. The second-order valence-electron chi connectivity index (χ2n) is 7.27. The van der Waals surface area contributed by atoms with Gasteiger partial charge in [-0.15, -0.1) is 0 Å². The normalized spacial score (nSPS) is 21.0. The van der Waals surface area contributed by atoms with Crippen LogP contribution in [-0.2, 0) is 13.1 Å². The third-order valence-corrected chi connectivity index (χ3v) is 5.28. The van der Waals surface area contributed by atoms with E-state index in [1.807, 2.05) is 6.92 Å². The minimum atomic E-state index is 0.483. The molecule has 0 aromatic carbocycles. The Labute approximate surface area is 148 Å². The van der Waals surface area contributed by atoms with Crippen molar-refractivity contribution < 1.29 is 4.52 Å². The Morgan fingerprint density at radius 1 is 0.960 bits per heavy atom. The average Bonchev–Trinajstić information content (AvgIpc) is 3.27. The fraction of sp³-hybridized carbons (Fsp3) is 0.765. The Morgan fingerprint density at radius 3 is 2.28 bits per heavy atom. The van der Waals surface area contributed by atoms with Crippen molar-refractivity contribution in [3.05, 3.63) is 23.4 Å². The molecule has 0 amide bonds. The van der Waals surface area contributed by atoms with Gasteiger partial charge in [0.15, 0.2) is 11.6 Å². The van der Waals surface area contributed by atoms with Gasteiger partial charge in [0.2, 0.25) is 5.89 Å². The molecule has 1 saturated heterocycles. The summed E-state index contributed by atoms with van der Waals surface area (Å²) in [4.78, 5) is 13.8. The van der Waals surface area contributed by atoms with E-state index in [9.17, 15) is 0 Å². The van der Waals surface area contributed by atoms with E-state index in [0.29, 0.717) is 5.92 Å². The van der Waals surface area contributed by atoms with Crippen molar-refractivity contribution in [3.8, 4) is 0 Å². The monoisotopic (exact) mass is 345 g/mol. The molecule has 1 N–H and O–H groups in total. The number of aromatic amines is 1. The lowest BCUT2D eigenvalue weighted by Gasteiger charge is -2.33. The van der Waals surface area contributed by atoms with E-state index in [4.69, 9.17) is 4.52 Å². The van der Waals surface area contributed by atoms with Gasteiger partial charge in [0, 0.05) is 32.1 Å². The molecule has 136 valence electrons. The van der Waals surface area contributed by atoms with Gasteiger partial charge in [-0.05, 0) is 19.8 Å². The summed E-state index contributed by atoms with van der Waals surface area (Å²) in [6.07, 6.45) is 6.31. The van der Waals surface area contributed by atoms with E-state index in [1.54, 1.807) is 0 Å². The second kappa shape index (κ2) is 7.61. The number of aromatic nitrogens is 5. The fourth-order valence-electron chi connectivity index (χ4n) is 3.81. The summed E-state index contributed by atoms with van der Waals surface area (Å²) in [6, 6.07) is 0. The van der Waals surface area contributed by atoms with Crippen LogP contribution in [0.5, 0.6) is 0 Å². The van der Waals surface area contributed by atoms with E-state index < -0.39 is 0 Å². The van der Waals surface area contributed by atoms with E-state index in [-0.39, 0.29) is 0 Å². The Bertz CT molecular complexity index is 668. The first-order valence-electron chi connectivity index (χ1n) is 9.41. The molecule has 0 unspecified atom stereocenters. The summed E-state index contributed by atoms with van der Waals surface area (Å²) < 4.78 is 5.53. The molecule has 2 aliphatic rings. The summed E-state index contributed by atoms with van der Waals surface area (Å²) in [7, 11) is 0. The Kier molecular flexibility index (Phi) is 5.07.